The van der Waals surface area contributed by atoms with E-state index in [2.05, 4.69) is 36.2 Å². The van der Waals surface area contributed by atoms with E-state index in [0.717, 1.165) is 31.4 Å². The maximum absolute atomic E-state index is 4.87. The summed E-state index contributed by atoms with van der Waals surface area (Å²) in [7, 11) is 2.06. The van der Waals surface area contributed by atoms with Crippen LogP contribution in [0.2, 0.25) is 0 Å². The molecule has 5 nitrogen and oxygen atoms in total. The Morgan fingerprint density at radius 3 is 2.71 bits per heavy atom. The van der Waals surface area contributed by atoms with E-state index in [4.69, 9.17) is 4.98 Å². The smallest absolute Gasteiger partial charge is 0.151 e. The number of hydrogen-bond donors (Lipinski definition) is 1. The van der Waals surface area contributed by atoms with Crippen LogP contribution in [-0.4, -0.2) is 45.3 Å². The first kappa shape index (κ1) is 15.0. The van der Waals surface area contributed by atoms with Crippen LogP contribution >= 0.6 is 0 Å². The van der Waals surface area contributed by atoms with Gasteiger partial charge in [-0.05, 0) is 51.2 Å². The van der Waals surface area contributed by atoms with Crippen LogP contribution in [-0.2, 0) is 13.5 Å². The number of nitrogens with zero attached hydrogens (tertiary/aromatic N) is 4. The Labute approximate surface area is 128 Å². The van der Waals surface area contributed by atoms with Crippen molar-refractivity contribution in [3.63, 3.8) is 0 Å². The van der Waals surface area contributed by atoms with Gasteiger partial charge in [0.15, 0.2) is 5.82 Å². The number of likely N-dealkylation sites (tertiary alicyclic amines) is 1. The summed E-state index contributed by atoms with van der Waals surface area (Å²) in [5.74, 6) is 2.81. The van der Waals surface area contributed by atoms with Crippen molar-refractivity contribution in [3.8, 4) is 0 Å². The summed E-state index contributed by atoms with van der Waals surface area (Å²) in [5.41, 5.74) is 0. The molecular formula is C16H29N5. The monoisotopic (exact) mass is 291 g/mol. The molecule has 3 heterocycles. The van der Waals surface area contributed by atoms with Crippen LogP contribution < -0.4 is 5.32 Å². The zero-order valence-electron chi connectivity index (χ0n) is 13.7. The molecule has 1 unspecified atom stereocenters. The molecule has 118 valence electrons. The van der Waals surface area contributed by atoms with Gasteiger partial charge in [0.25, 0.3) is 0 Å². The van der Waals surface area contributed by atoms with E-state index >= 15 is 0 Å². The molecule has 1 aromatic heterocycles. The molecule has 1 aromatic rings. The fourth-order valence-corrected chi connectivity index (χ4v) is 3.83. The minimum Gasteiger partial charge on any atom is -0.317 e. The highest BCUT2D eigenvalue weighted by atomic mass is 15.4. The molecule has 0 aliphatic carbocycles. The van der Waals surface area contributed by atoms with E-state index in [1.54, 1.807) is 0 Å². The molecule has 2 fully saturated rings. The van der Waals surface area contributed by atoms with Crippen molar-refractivity contribution in [2.45, 2.75) is 58.0 Å². The van der Waals surface area contributed by atoms with Crippen molar-refractivity contribution in [1.29, 1.82) is 0 Å². The Balaban J connectivity index is 1.76. The van der Waals surface area contributed by atoms with Gasteiger partial charge in [-0.3, -0.25) is 9.58 Å². The molecule has 2 aliphatic heterocycles. The normalized spacial score (nSPS) is 25.0. The van der Waals surface area contributed by atoms with Crippen LogP contribution in [0.15, 0.2) is 0 Å². The van der Waals surface area contributed by atoms with Gasteiger partial charge in [-0.2, -0.15) is 5.10 Å². The Morgan fingerprint density at radius 2 is 2.00 bits per heavy atom. The summed E-state index contributed by atoms with van der Waals surface area (Å²) in [6.45, 7) is 8.00. The highest BCUT2D eigenvalue weighted by Crippen LogP contribution is 2.34. The Bertz CT molecular complexity index is 461. The van der Waals surface area contributed by atoms with Crippen molar-refractivity contribution < 1.29 is 0 Å². The molecule has 0 radical (unpaired) electrons. The van der Waals surface area contributed by atoms with Gasteiger partial charge in [0.05, 0.1) is 6.04 Å². The molecule has 2 saturated heterocycles. The van der Waals surface area contributed by atoms with Crippen molar-refractivity contribution in [2.24, 2.45) is 13.0 Å². The lowest BCUT2D eigenvalue weighted by molar-refractivity contribution is 0.141. The highest BCUT2D eigenvalue weighted by Gasteiger charge is 2.35. The number of nitrogens with one attached hydrogen (secondary N) is 1. The summed E-state index contributed by atoms with van der Waals surface area (Å²) in [5, 5.41) is 8.11. The van der Waals surface area contributed by atoms with Gasteiger partial charge in [0.2, 0.25) is 0 Å². The quantitative estimate of drug-likeness (QED) is 0.920. The van der Waals surface area contributed by atoms with E-state index in [1.807, 2.05) is 4.68 Å². The Kier molecular flexibility index (Phi) is 4.60. The lowest BCUT2D eigenvalue weighted by Gasteiger charge is -2.35. The van der Waals surface area contributed by atoms with E-state index in [-0.39, 0.29) is 0 Å². The molecule has 21 heavy (non-hydrogen) atoms. The average Bonchev–Trinajstić information content (AvgIpc) is 3.05. The predicted molar refractivity (Wildman–Crippen MR) is 84.1 cm³/mol. The second-order valence-corrected chi connectivity index (χ2v) is 6.98. The molecule has 0 spiro atoms. The lowest BCUT2D eigenvalue weighted by Crippen LogP contribution is -2.43. The topological polar surface area (TPSA) is 46.0 Å². The lowest BCUT2D eigenvalue weighted by atomic mass is 10.0. The second kappa shape index (κ2) is 6.44. The molecule has 0 amide bonds. The van der Waals surface area contributed by atoms with E-state index in [1.165, 1.54) is 38.1 Å². The van der Waals surface area contributed by atoms with Crippen molar-refractivity contribution in [2.75, 3.05) is 19.6 Å². The zero-order chi connectivity index (χ0) is 14.8. The fraction of sp³-hybridized carbons (Fsp3) is 0.875. The Morgan fingerprint density at radius 1 is 1.24 bits per heavy atom. The maximum atomic E-state index is 4.87. The molecule has 0 saturated carbocycles. The van der Waals surface area contributed by atoms with E-state index in [9.17, 15) is 0 Å². The number of aromatic nitrogens is 3. The third-order valence-corrected chi connectivity index (χ3v) is 4.80. The number of hydrogen-bond acceptors (Lipinski definition) is 4. The number of rotatable bonds is 4. The molecule has 3 rings (SSSR count). The standard InChI is InChI=1S/C16H29N5/c1-12(2)11-15-18-16(20(3)19-15)14-5-4-10-21(14)13-6-8-17-9-7-13/h12-14,17H,4-11H2,1-3H3. The molecule has 1 atom stereocenters. The van der Waals surface area contributed by atoms with Gasteiger partial charge in [-0.25, -0.2) is 4.98 Å². The van der Waals surface area contributed by atoms with Crippen LogP contribution in [0.1, 0.15) is 57.2 Å². The summed E-state index contributed by atoms with van der Waals surface area (Å²) in [6, 6.07) is 1.20. The largest absolute Gasteiger partial charge is 0.317 e. The van der Waals surface area contributed by atoms with Gasteiger partial charge in [0, 0.05) is 19.5 Å². The van der Waals surface area contributed by atoms with Crippen LogP contribution in [0.25, 0.3) is 0 Å². The summed E-state index contributed by atoms with van der Waals surface area (Å²) >= 11 is 0. The van der Waals surface area contributed by atoms with Crippen molar-refractivity contribution >= 4 is 0 Å². The average molecular weight is 291 g/mol. The Hall–Kier alpha value is -0.940. The van der Waals surface area contributed by atoms with Crippen LogP contribution in [0.4, 0.5) is 0 Å². The highest BCUT2D eigenvalue weighted by molar-refractivity contribution is 5.04. The molecular weight excluding hydrogens is 262 g/mol. The third kappa shape index (κ3) is 3.29. The summed E-state index contributed by atoms with van der Waals surface area (Å²) in [6.07, 6.45) is 6.05. The molecule has 0 bridgehead atoms. The van der Waals surface area contributed by atoms with Gasteiger partial charge in [-0.15, -0.1) is 0 Å². The third-order valence-electron chi connectivity index (χ3n) is 4.80. The van der Waals surface area contributed by atoms with Gasteiger partial charge >= 0.3 is 0 Å². The molecule has 5 heteroatoms. The first-order valence-corrected chi connectivity index (χ1v) is 8.51. The van der Waals surface area contributed by atoms with Gasteiger partial charge in [0.1, 0.15) is 5.82 Å². The van der Waals surface area contributed by atoms with Gasteiger partial charge < -0.3 is 5.32 Å². The number of piperidine rings is 1. The first-order valence-electron chi connectivity index (χ1n) is 8.51. The second-order valence-electron chi connectivity index (χ2n) is 6.98. The van der Waals surface area contributed by atoms with E-state index in [0.29, 0.717) is 12.0 Å². The van der Waals surface area contributed by atoms with Crippen LogP contribution in [0, 0.1) is 5.92 Å². The minimum absolute atomic E-state index is 0.478. The number of aryl methyl sites for hydroxylation is 1. The fourth-order valence-electron chi connectivity index (χ4n) is 3.83. The zero-order valence-corrected chi connectivity index (χ0v) is 13.7. The van der Waals surface area contributed by atoms with Gasteiger partial charge in [-0.1, -0.05) is 13.8 Å². The maximum Gasteiger partial charge on any atom is 0.151 e. The van der Waals surface area contributed by atoms with Crippen molar-refractivity contribution in [1.82, 2.24) is 25.0 Å². The van der Waals surface area contributed by atoms with Crippen LogP contribution in [0.3, 0.4) is 0 Å². The molecule has 0 aromatic carbocycles. The first-order chi connectivity index (χ1) is 10.1. The minimum atomic E-state index is 0.478. The SMILES string of the molecule is CC(C)Cc1nc(C2CCCN2C2CCNCC2)n(C)n1. The molecule has 1 N–H and O–H groups in total. The predicted octanol–water partition coefficient (Wildman–Crippen LogP) is 1.90. The van der Waals surface area contributed by atoms with Crippen LogP contribution in [0.5, 0.6) is 0 Å². The summed E-state index contributed by atoms with van der Waals surface area (Å²) in [4.78, 5) is 7.57. The molecule has 2 aliphatic rings. The van der Waals surface area contributed by atoms with Crippen molar-refractivity contribution in [3.05, 3.63) is 11.6 Å². The van der Waals surface area contributed by atoms with E-state index < -0.39 is 0 Å². The summed E-state index contributed by atoms with van der Waals surface area (Å²) < 4.78 is 2.03.